The third kappa shape index (κ3) is 7.24. The minimum atomic E-state index is 0.0827. The summed E-state index contributed by atoms with van der Waals surface area (Å²) >= 11 is 2.88. The van der Waals surface area contributed by atoms with Crippen LogP contribution in [0.5, 0.6) is 11.5 Å². The van der Waals surface area contributed by atoms with Crippen molar-refractivity contribution >= 4 is 39.8 Å². The molecule has 6 nitrogen and oxygen atoms in total. The number of anilines is 2. The molecule has 4 rings (SSSR count). The summed E-state index contributed by atoms with van der Waals surface area (Å²) in [6.07, 6.45) is 8.51. The molecule has 1 fully saturated rings. The van der Waals surface area contributed by atoms with Gasteiger partial charge in [0.05, 0.1) is 5.75 Å². The van der Waals surface area contributed by atoms with Crippen LogP contribution in [0.4, 0.5) is 10.8 Å². The summed E-state index contributed by atoms with van der Waals surface area (Å²) in [7, 11) is 0. The standard InChI is InChI=1S/C24H28N4O2S2/c29-22(25-18-9-5-2-1-3-6-10-18)17-31-24-28-27-23(32-24)26-19-13-15-21(16-14-19)30-20-11-7-4-8-12-20/h4,7-8,11-16,18H,1-3,5-6,9-10,17H2,(H,25,29)(H,26,27). The van der Waals surface area contributed by atoms with Crippen LogP contribution in [0.25, 0.3) is 0 Å². The smallest absolute Gasteiger partial charge is 0.230 e. The first-order valence-electron chi connectivity index (χ1n) is 11.1. The van der Waals surface area contributed by atoms with Gasteiger partial charge in [0.25, 0.3) is 0 Å². The number of carbonyl (C=O) groups is 1. The molecular weight excluding hydrogens is 440 g/mol. The molecule has 1 aromatic heterocycles. The number of nitrogens with one attached hydrogen (secondary N) is 2. The maximum atomic E-state index is 12.3. The van der Waals surface area contributed by atoms with Crippen LogP contribution in [0.2, 0.25) is 0 Å². The second-order valence-corrected chi connectivity index (χ2v) is 10.0. The molecule has 1 saturated carbocycles. The molecule has 2 N–H and O–H groups in total. The molecular formula is C24H28N4O2S2. The number of hydrogen-bond acceptors (Lipinski definition) is 7. The second-order valence-electron chi connectivity index (χ2n) is 7.84. The summed E-state index contributed by atoms with van der Waals surface area (Å²) in [5.74, 6) is 2.03. The summed E-state index contributed by atoms with van der Waals surface area (Å²) < 4.78 is 6.60. The van der Waals surface area contributed by atoms with Crippen molar-refractivity contribution < 1.29 is 9.53 Å². The Morgan fingerprint density at radius 1 is 0.938 bits per heavy atom. The first kappa shape index (κ1) is 22.6. The molecule has 0 saturated heterocycles. The van der Waals surface area contributed by atoms with Crippen molar-refractivity contribution in [3.63, 3.8) is 0 Å². The Balaban J connectivity index is 1.22. The van der Waals surface area contributed by atoms with Crippen molar-refractivity contribution in [2.75, 3.05) is 11.1 Å². The molecule has 0 atom stereocenters. The Kier molecular flexibility index (Phi) is 8.39. The molecule has 3 aromatic rings. The van der Waals surface area contributed by atoms with Crippen LogP contribution in [0.3, 0.4) is 0 Å². The normalized spacial score (nSPS) is 14.9. The zero-order chi connectivity index (χ0) is 22.0. The van der Waals surface area contributed by atoms with Gasteiger partial charge in [0.15, 0.2) is 4.34 Å². The molecule has 1 heterocycles. The van der Waals surface area contributed by atoms with Gasteiger partial charge in [-0.25, -0.2) is 0 Å². The highest BCUT2D eigenvalue weighted by atomic mass is 32.2. The van der Waals surface area contributed by atoms with Crippen molar-refractivity contribution in [2.24, 2.45) is 0 Å². The van der Waals surface area contributed by atoms with E-state index in [1.165, 1.54) is 55.2 Å². The average molecular weight is 469 g/mol. The highest BCUT2D eigenvalue weighted by molar-refractivity contribution is 8.01. The molecule has 8 heteroatoms. The molecule has 0 aliphatic heterocycles. The Bertz CT molecular complexity index is 971. The molecule has 32 heavy (non-hydrogen) atoms. The van der Waals surface area contributed by atoms with Gasteiger partial charge in [-0.05, 0) is 49.2 Å². The fourth-order valence-electron chi connectivity index (χ4n) is 3.67. The lowest BCUT2D eigenvalue weighted by molar-refractivity contribution is -0.119. The van der Waals surface area contributed by atoms with E-state index in [2.05, 4.69) is 20.8 Å². The van der Waals surface area contributed by atoms with Gasteiger partial charge < -0.3 is 15.4 Å². The summed E-state index contributed by atoms with van der Waals surface area (Å²) in [5, 5.41) is 15.5. The number of hydrogen-bond donors (Lipinski definition) is 2. The van der Waals surface area contributed by atoms with Crippen molar-refractivity contribution in [3.05, 3.63) is 54.6 Å². The van der Waals surface area contributed by atoms with E-state index in [1.54, 1.807) is 0 Å². The first-order chi connectivity index (χ1) is 15.7. The zero-order valence-electron chi connectivity index (χ0n) is 18.0. The fourth-order valence-corrected chi connectivity index (χ4v) is 5.25. The van der Waals surface area contributed by atoms with E-state index in [9.17, 15) is 4.79 Å². The van der Waals surface area contributed by atoms with Crippen LogP contribution in [0.1, 0.15) is 44.9 Å². The van der Waals surface area contributed by atoms with E-state index in [0.717, 1.165) is 34.4 Å². The number of carbonyl (C=O) groups excluding carboxylic acids is 1. The fraction of sp³-hybridized carbons (Fsp3) is 0.375. The summed E-state index contributed by atoms with van der Waals surface area (Å²) in [6.45, 7) is 0. The molecule has 1 aliphatic rings. The third-order valence-corrected chi connectivity index (χ3v) is 7.26. The highest BCUT2D eigenvalue weighted by Gasteiger charge is 2.15. The molecule has 2 aromatic carbocycles. The molecule has 0 radical (unpaired) electrons. The number of para-hydroxylation sites is 1. The second kappa shape index (κ2) is 11.9. The van der Waals surface area contributed by atoms with E-state index < -0.39 is 0 Å². The maximum Gasteiger partial charge on any atom is 0.230 e. The van der Waals surface area contributed by atoms with Crippen molar-refractivity contribution in [3.8, 4) is 11.5 Å². The van der Waals surface area contributed by atoms with E-state index >= 15 is 0 Å². The van der Waals surface area contributed by atoms with Crippen molar-refractivity contribution in [1.82, 2.24) is 15.5 Å². The Hall–Kier alpha value is -2.58. The third-order valence-electron chi connectivity index (χ3n) is 5.29. The minimum absolute atomic E-state index is 0.0827. The maximum absolute atomic E-state index is 12.3. The van der Waals surface area contributed by atoms with E-state index in [0.29, 0.717) is 16.9 Å². The largest absolute Gasteiger partial charge is 0.457 e. The average Bonchev–Trinajstić information content (AvgIpc) is 3.23. The molecule has 0 spiro atoms. The van der Waals surface area contributed by atoms with Gasteiger partial charge in [0, 0.05) is 11.7 Å². The predicted molar refractivity (Wildman–Crippen MR) is 131 cm³/mol. The number of rotatable bonds is 8. The van der Waals surface area contributed by atoms with E-state index in [4.69, 9.17) is 4.74 Å². The minimum Gasteiger partial charge on any atom is -0.457 e. The molecule has 168 valence electrons. The van der Waals surface area contributed by atoms with Gasteiger partial charge >= 0.3 is 0 Å². The number of ether oxygens (including phenoxy) is 1. The number of aromatic nitrogens is 2. The van der Waals surface area contributed by atoms with Gasteiger partial charge in [-0.1, -0.05) is 73.4 Å². The van der Waals surface area contributed by atoms with Crippen molar-refractivity contribution in [1.29, 1.82) is 0 Å². The van der Waals surface area contributed by atoms with E-state index in [1.807, 2.05) is 54.6 Å². The number of thioether (sulfide) groups is 1. The Morgan fingerprint density at radius 3 is 2.38 bits per heavy atom. The van der Waals surface area contributed by atoms with Gasteiger partial charge in [-0.3, -0.25) is 4.79 Å². The zero-order valence-corrected chi connectivity index (χ0v) is 19.6. The molecule has 0 unspecified atom stereocenters. The van der Waals surface area contributed by atoms with Crippen LogP contribution >= 0.6 is 23.1 Å². The lowest BCUT2D eigenvalue weighted by atomic mass is 9.97. The monoisotopic (exact) mass is 468 g/mol. The quantitative estimate of drug-likeness (QED) is 0.373. The summed E-state index contributed by atoms with van der Waals surface area (Å²) in [6, 6.07) is 17.7. The number of nitrogens with zero attached hydrogens (tertiary/aromatic N) is 2. The van der Waals surface area contributed by atoms with Crippen molar-refractivity contribution in [2.45, 2.75) is 55.3 Å². The first-order valence-corrected chi connectivity index (χ1v) is 12.9. The molecule has 1 amide bonds. The van der Waals surface area contributed by atoms with Crippen LogP contribution in [0, 0.1) is 0 Å². The molecule has 1 aliphatic carbocycles. The lowest BCUT2D eigenvalue weighted by Gasteiger charge is -2.20. The number of benzene rings is 2. The Morgan fingerprint density at radius 2 is 1.62 bits per heavy atom. The van der Waals surface area contributed by atoms with Gasteiger partial charge in [-0.2, -0.15) is 0 Å². The Labute approximate surface area is 197 Å². The van der Waals surface area contributed by atoms with Crippen LogP contribution in [-0.2, 0) is 4.79 Å². The van der Waals surface area contributed by atoms with Crippen LogP contribution in [-0.4, -0.2) is 27.9 Å². The van der Waals surface area contributed by atoms with Gasteiger partial charge in [-0.15, -0.1) is 10.2 Å². The van der Waals surface area contributed by atoms with Crippen LogP contribution in [0.15, 0.2) is 58.9 Å². The number of amides is 1. The highest BCUT2D eigenvalue weighted by Crippen LogP contribution is 2.29. The van der Waals surface area contributed by atoms with Gasteiger partial charge in [0.2, 0.25) is 11.0 Å². The summed E-state index contributed by atoms with van der Waals surface area (Å²) in [4.78, 5) is 12.3. The summed E-state index contributed by atoms with van der Waals surface area (Å²) in [5.41, 5.74) is 0.903. The van der Waals surface area contributed by atoms with E-state index in [-0.39, 0.29) is 5.91 Å². The molecule has 0 bridgehead atoms. The SMILES string of the molecule is O=C(CSc1nnc(Nc2ccc(Oc3ccccc3)cc2)s1)NC1CCCCCCC1. The van der Waals surface area contributed by atoms with Crippen LogP contribution < -0.4 is 15.4 Å². The van der Waals surface area contributed by atoms with Gasteiger partial charge in [0.1, 0.15) is 11.5 Å². The topological polar surface area (TPSA) is 76.1 Å². The lowest BCUT2D eigenvalue weighted by Crippen LogP contribution is -2.36. The predicted octanol–water partition coefficient (Wildman–Crippen LogP) is 6.40.